The van der Waals surface area contributed by atoms with Crippen molar-refractivity contribution in [3.63, 3.8) is 0 Å². The molecule has 0 unspecified atom stereocenters. The molecule has 0 saturated heterocycles. The third kappa shape index (κ3) is 6.92. The third-order valence-electron chi connectivity index (χ3n) is 3.87. The fourth-order valence-electron chi connectivity index (χ4n) is 2.45. The Bertz CT molecular complexity index is 786. The molecule has 150 valence electrons. The molecule has 2 aromatic rings. The van der Waals surface area contributed by atoms with E-state index >= 15 is 0 Å². The first-order chi connectivity index (χ1) is 13.3. The molecule has 0 heterocycles. The molecule has 0 aliphatic heterocycles. The summed E-state index contributed by atoms with van der Waals surface area (Å²) < 4.78 is 5.36. The van der Waals surface area contributed by atoms with Crippen LogP contribution >= 0.6 is 0 Å². The minimum atomic E-state index is -0.655. The molecular weight excluding hydrogens is 358 g/mol. The van der Waals surface area contributed by atoms with Crippen LogP contribution < -0.4 is 20.7 Å². The number of anilines is 2. The predicted molar refractivity (Wildman–Crippen MR) is 110 cm³/mol. The Hall–Kier alpha value is -3.06. The Labute approximate surface area is 165 Å². The molecule has 0 aliphatic rings. The minimum absolute atomic E-state index is 0.134. The van der Waals surface area contributed by atoms with Crippen LogP contribution in [0.15, 0.2) is 48.5 Å². The van der Waals surface area contributed by atoms with E-state index in [-0.39, 0.29) is 25.0 Å². The number of rotatable bonds is 8. The molecule has 0 saturated carbocycles. The van der Waals surface area contributed by atoms with Gasteiger partial charge in [-0.15, -0.1) is 0 Å². The van der Waals surface area contributed by atoms with E-state index in [1.54, 1.807) is 62.4 Å². The van der Waals surface area contributed by atoms with Crippen molar-refractivity contribution in [2.45, 2.75) is 32.7 Å². The van der Waals surface area contributed by atoms with Crippen LogP contribution in [0.4, 0.5) is 16.2 Å². The van der Waals surface area contributed by atoms with Crippen LogP contribution in [0.3, 0.4) is 0 Å². The molecular formula is C21H27N3O4. The highest BCUT2D eigenvalue weighted by Gasteiger charge is 2.18. The van der Waals surface area contributed by atoms with E-state index in [9.17, 15) is 14.7 Å². The molecule has 0 atom stereocenters. The zero-order valence-corrected chi connectivity index (χ0v) is 16.4. The first kappa shape index (κ1) is 21.2. The van der Waals surface area contributed by atoms with Gasteiger partial charge < -0.3 is 25.8 Å². The van der Waals surface area contributed by atoms with Gasteiger partial charge in [-0.3, -0.25) is 4.79 Å². The average molecular weight is 385 g/mol. The van der Waals surface area contributed by atoms with Gasteiger partial charge in [0.05, 0.1) is 25.2 Å². The zero-order valence-electron chi connectivity index (χ0n) is 16.4. The van der Waals surface area contributed by atoms with Gasteiger partial charge in [-0.05, 0) is 62.7 Å². The van der Waals surface area contributed by atoms with Crippen LogP contribution in [0.2, 0.25) is 0 Å². The van der Waals surface area contributed by atoms with Crippen LogP contribution in [0.5, 0.6) is 5.75 Å². The topological polar surface area (TPSA) is 99.7 Å². The number of hydrogen-bond acceptors (Lipinski definition) is 4. The lowest BCUT2D eigenvalue weighted by Gasteiger charge is -2.23. The van der Waals surface area contributed by atoms with E-state index in [2.05, 4.69) is 16.0 Å². The molecule has 3 amide bonds. The maximum absolute atomic E-state index is 12.1. The molecule has 7 nitrogen and oxygen atoms in total. The van der Waals surface area contributed by atoms with Crippen molar-refractivity contribution in [1.82, 2.24) is 5.32 Å². The summed E-state index contributed by atoms with van der Waals surface area (Å²) in [6.07, 6.45) is 0.197. The number of hydrogen-bond donors (Lipinski definition) is 4. The van der Waals surface area contributed by atoms with Gasteiger partial charge in [0.15, 0.2) is 0 Å². The maximum atomic E-state index is 12.1. The van der Waals surface area contributed by atoms with Gasteiger partial charge in [0, 0.05) is 11.4 Å². The summed E-state index contributed by atoms with van der Waals surface area (Å²) in [5.74, 6) is 0.573. The number of aliphatic hydroxyl groups excluding tert-OH is 1. The maximum Gasteiger partial charge on any atom is 0.323 e. The standard InChI is InChI=1S/C21H27N3O4/c1-4-28-18-11-9-17(10-12-18)23-20(27)22-16-7-5-15(6-8-16)13-19(26)24-21(2,3)14-25/h5-12,25H,4,13-14H2,1-3H3,(H,24,26)(H2,22,23,27). The number of ether oxygens (including phenoxy) is 1. The van der Waals surface area contributed by atoms with Crippen LogP contribution in [0.25, 0.3) is 0 Å². The SMILES string of the molecule is CCOc1ccc(NC(=O)Nc2ccc(CC(=O)NC(C)(C)CO)cc2)cc1. The number of urea groups is 1. The monoisotopic (exact) mass is 385 g/mol. The van der Waals surface area contributed by atoms with E-state index in [0.29, 0.717) is 18.0 Å². The second kappa shape index (κ2) is 9.75. The van der Waals surface area contributed by atoms with Crippen LogP contribution in [-0.4, -0.2) is 35.8 Å². The van der Waals surface area contributed by atoms with Gasteiger partial charge in [-0.1, -0.05) is 12.1 Å². The highest BCUT2D eigenvalue weighted by atomic mass is 16.5. The van der Waals surface area contributed by atoms with Crippen molar-refractivity contribution in [2.75, 3.05) is 23.8 Å². The number of aliphatic hydroxyl groups is 1. The fraction of sp³-hybridized carbons (Fsp3) is 0.333. The molecule has 28 heavy (non-hydrogen) atoms. The van der Waals surface area contributed by atoms with Crippen LogP contribution in [0, 0.1) is 0 Å². The summed E-state index contributed by atoms with van der Waals surface area (Å²) >= 11 is 0. The Morgan fingerprint density at radius 3 is 2.00 bits per heavy atom. The molecule has 2 aromatic carbocycles. The van der Waals surface area contributed by atoms with E-state index in [1.807, 2.05) is 6.92 Å². The molecule has 0 bridgehead atoms. The lowest BCUT2D eigenvalue weighted by molar-refractivity contribution is -0.122. The van der Waals surface area contributed by atoms with E-state index in [4.69, 9.17) is 4.74 Å². The summed E-state index contributed by atoms with van der Waals surface area (Å²) in [6.45, 7) is 5.87. The predicted octanol–water partition coefficient (Wildman–Crippen LogP) is 3.16. The quantitative estimate of drug-likeness (QED) is 0.561. The summed E-state index contributed by atoms with van der Waals surface area (Å²) in [5, 5.41) is 17.5. The fourth-order valence-corrected chi connectivity index (χ4v) is 2.45. The third-order valence-corrected chi connectivity index (χ3v) is 3.87. The number of amides is 3. The van der Waals surface area contributed by atoms with E-state index in [0.717, 1.165) is 11.3 Å². The molecule has 0 fully saturated rings. The van der Waals surface area contributed by atoms with Crippen molar-refractivity contribution in [3.05, 3.63) is 54.1 Å². The highest BCUT2D eigenvalue weighted by molar-refractivity contribution is 5.99. The van der Waals surface area contributed by atoms with Crippen molar-refractivity contribution in [3.8, 4) is 5.75 Å². The number of carbonyl (C=O) groups is 2. The van der Waals surface area contributed by atoms with Gasteiger partial charge in [-0.2, -0.15) is 0 Å². The van der Waals surface area contributed by atoms with Crippen molar-refractivity contribution >= 4 is 23.3 Å². The first-order valence-electron chi connectivity index (χ1n) is 9.13. The number of nitrogens with one attached hydrogen (secondary N) is 3. The minimum Gasteiger partial charge on any atom is -0.494 e. The van der Waals surface area contributed by atoms with E-state index in [1.165, 1.54) is 0 Å². The van der Waals surface area contributed by atoms with Crippen LogP contribution in [0.1, 0.15) is 26.3 Å². The lowest BCUT2D eigenvalue weighted by atomic mass is 10.1. The Balaban J connectivity index is 1.86. The number of carbonyl (C=O) groups excluding carboxylic acids is 2. The summed E-state index contributed by atoms with van der Waals surface area (Å²) in [7, 11) is 0. The summed E-state index contributed by atoms with van der Waals surface area (Å²) in [4.78, 5) is 24.1. The van der Waals surface area contributed by atoms with Crippen molar-refractivity contribution < 1.29 is 19.4 Å². The largest absolute Gasteiger partial charge is 0.494 e. The smallest absolute Gasteiger partial charge is 0.323 e. The van der Waals surface area contributed by atoms with Crippen LogP contribution in [-0.2, 0) is 11.2 Å². The Morgan fingerprint density at radius 2 is 1.50 bits per heavy atom. The van der Waals surface area contributed by atoms with Gasteiger partial charge in [0.2, 0.25) is 5.91 Å². The van der Waals surface area contributed by atoms with Gasteiger partial charge >= 0.3 is 6.03 Å². The number of benzene rings is 2. The normalized spacial score (nSPS) is 10.9. The van der Waals surface area contributed by atoms with Gasteiger partial charge in [0.1, 0.15) is 5.75 Å². The zero-order chi connectivity index (χ0) is 20.6. The van der Waals surface area contributed by atoms with Crippen molar-refractivity contribution in [2.24, 2.45) is 0 Å². The highest BCUT2D eigenvalue weighted by Crippen LogP contribution is 2.16. The van der Waals surface area contributed by atoms with E-state index < -0.39 is 5.54 Å². The molecule has 0 spiro atoms. The Morgan fingerprint density at radius 1 is 0.964 bits per heavy atom. The molecule has 4 N–H and O–H groups in total. The molecule has 0 aliphatic carbocycles. The van der Waals surface area contributed by atoms with Gasteiger partial charge in [-0.25, -0.2) is 4.79 Å². The second-order valence-electron chi connectivity index (χ2n) is 7.00. The van der Waals surface area contributed by atoms with Gasteiger partial charge in [0.25, 0.3) is 0 Å². The van der Waals surface area contributed by atoms with Crippen molar-refractivity contribution in [1.29, 1.82) is 0 Å². The first-order valence-corrected chi connectivity index (χ1v) is 9.13. The molecule has 2 rings (SSSR count). The Kier molecular flexibility index (Phi) is 7.40. The molecule has 0 radical (unpaired) electrons. The summed E-state index contributed by atoms with van der Waals surface area (Å²) in [5.41, 5.74) is 1.42. The average Bonchev–Trinajstić information content (AvgIpc) is 2.65. The second-order valence-corrected chi connectivity index (χ2v) is 7.00. The molecule has 7 heteroatoms. The summed E-state index contributed by atoms with van der Waals surface area (Å²) in [6, 6.07) is 13.8. The molecule has 0 aromatic heterocycles. The lowest BCUT2D eigenvalue weighted by Crippen LogP contribution is -2.46.